The highest BCUT2D eigenvalue weighted by Gasteiger charge is 2.21. The van der Waals surface area contributed by atoms with Crippen LogP contribution in [0.4, 0.5) is 16.2 Å². The van der Waals surface area contributed by atoms with Crippen LogP contribution in [0.25, 0.3) is 17.3 Å². The van der Waals surface area contributed by atoms with Crippen molar-refractivity contribution in [2.24, 2.45) is 16.8 Å². The number of nitrogens with one attached hydrogen (secondary N) is 4. The van der Waals surface area contributed by atoms with Gasteiger partial charge in [-0.2, -0.15) is 5.10 Å². The molecule has 1 atom stereocenters. The number of nitrogens with zero attached hydrogens (tertiary/aromatic N) is 3. The summed E-state index contributed by atoms with van der Waals surface area (Å²) in [7, 11) is 1.28. The number of hydrazone groups is 1. The monoisotopic (exact) mass is 627 g/mol. The molecule has 0 saturated heterocycles. The van der Waals surface area contributed by atoms with Gasteiger partial charge in [-0.25, -0.2) is 15.6 Å². The lowest BCUT2D eigenvalue weighted by atomic mass is 10.0. The number of ether oxygens (including phenoxy) is 1. The summed E-state index contributed by atoms with van der Waals surface area (Å²) in [5.74, 6) is 11.1. The van der Waals surface area contributed by atoms with Crippen molar-refractivity contribution >= 4 is 53.3 Å². The Balaban J connectivity index is 1.47. The van der Waals surface area contributed by atoms with Gasteiger partial charge in [0.05, 0.1) is 24.5 Å². The van der Waals surface area contributed by atoms with E-state index in [9.17, 15) is 14.4 Å². The summed E-state index contributed by atoms with van der Waals surface area (Å²) in [5, 5.41) is 13.7. The summed E-state index contributed by atoms with van der Waals surface area (Å²) in [6.45, 7) is 0.169. The van der Waals surface area contributed by atoms with Crippen molar-refractivity contribution in [2.75, 3.05) is 17.4 Å². The number of carbonyl (C=O) groups is 3. The lowest BCUT2D eigenvalue weighted by Crippen LogP contribution is -2.30. The SMILES string of the molecule is COC(=O)Nc1ccc2c(c1)CNC(=O)c1ccc(cc1)C[C@H](NC(=O)/C=C/c1cc(Cl)ccc1N(N)/C=N\N)c1nc-2c[nH]1. The molecule has 13 nitrogen and oxygen atoms in total. The predicted molar refractivity (Wildman–Crippen MR) is 172 cm³/mol. The third kappa shape index (κ3) is 7.47. The van der Waals surface area contributed by atoms with Crippen molar-refractivity contribution in [2.45, 2.75) is 19.0 Å². The first-order chi connectivity index (χ1) is 21.7. The summed E-state index contributed by atoms with van der Waals surface area (Å²) >= 11 is 6.19. The van der Waals surface area contributed by atoms with Crippen LogP contribution in [0, 0.1) is 0 Å². The van der Waals surface area contributed by atoms with Gasteiger partial charge in [-0.1, -0.05) is 29.8 Å². The first kappa shape index (κ1) is 30.8. The average Bonchev–Trinajstić information content (AvgIpc) is 3.52. The largest absolute Gasteiger partial charge is 0.453 e. The Bertz CT molecular complexity index is 1790. The van der Waals surface area contributed by atoms with Crippen molar-refractivity contribution in [3.05, 3.63) is 106 Å². The fourth-order valence-corrected chi connectivity index (χ4v) is 5.01. The zero-order valence-corrected chi connectivity index (χ0v) is 24.8. The molecule has 1 aromatic heterocycles. The molecule has 8 N–H and O–H groups in total. The number of aromatic nitrogens is 2. The fourth-order valence-electron chi connectivity index (χ4n) is 4.82. The van der Waals surface area contributed by atoms with Gasteiger partial charge in [-0.3, -0.25) is 19.9 Å². The van der Waals surface area contributed by atoms with Gasteiger partial charge in [0.15, 0.2) is 0 Å². The number of halogens is 1. The number of nitrogens with two attached hydrogens (primary N) is 2. The lowest BCUT2D eigenvalue weighted by molar-refractivity contribution is -0.117. The Morgan fingerprint density at radius 1 is 1.16 bits per heavy atom. The van der Waals surface area contributed by atoms with E-state index in [-0.39, 0.29) is 12.5 Å². The van der Waals surface area contributed by atoms with Crippen LogP contribution < -0.4 is 32.6 Å². The molecule has 2 aliphatic rings. The van der Waals surface area contributed by atoms with Gasteiger partial charge in [0, 0.05) is 46.2 Å². The standard InChI is InChI=1S/C31H30ClN9O4/c1-45-31(44)38-23-8-9-24-21(14-23)15-36-30(43)19-4-2-18(3-5-19)12-25(29-35-16-26(24)40-29)39-28(42)11-6-20-13-22(32)7-10-27(20)41(34)17-37-33/h2-11,13-14,16-17,25H,12,15,33-34H2,1H3,(H,35,40)(H,36,43)(H,38,44)(H,39,42)/b11-6+,37-17-/t25-/m0/s1. The molecular formula is C31H30ClN9O4. The molecular weight excluding hydrogens is 598 g/mol. The van der Waals surface area contributed by atoms with Crippen LogP contribution in [0.15, 0.2) is 78.0 Å². The van der Waals surface area contributed by atoms with Crippen LogP contribution in [0.3, 0.4) is 0 Å². The van der Waals surface area contributed by atoms with E-state index < -0.39 is 18.0 Å². The van der Waals surface area contributed by atoms with E-state index in [0.717, 1.165) is 11.1 Å². The molecule has 0 aliphatic carbocycles. The summed E-state index contributed by atoms with van der Waals surface area (Å²) in [5.41, 5.74) is 4.97. The number of anilines is 2. The van der Waals surface area contributed by atoms with Gasteiger partial charge in [-0.05, 0) is 66.1 Å². The maximum atomic E-state index is 13.3. The van der Waals surface area contributed by atoms with Crippen molar-refractivity contribution in [3.8, 4) is 11.3 Å². The third-order valence-corrected chi connectivity index (χ3v) is 7.26. The highest BCUT2D eigenvalue weighted by Crippen LogP contribution is 2.28. The molecule has 2 aliphatic heterocycles. The first-order valence-corrected chi connectivity index (χ1v) is 14.1. The van der Waals surface area contributed by atoms with Crippen molar-refractivity contribution in [1.82, 2.24) is 20.6 Å². The normalized spacial score (nSPS) is 14.5. The van der Waals surface area contributed by atoms with Crippen LogP contribution >= 0.6 is 11.6 Å². The number of imidazole rings is 1. The minimum absolute atomic E-state index is 0.169. The van der Waals surface area contributed by atoms with Crippen LogP contribution in [-0.2, 0) is 22.5 Å². The quantitative estimate of drug-likeness (QED) is 0.0610. The molecule has 230 valence electrons. The Morgan fingerprint density at radius 2 is 1.96 bits per heavy atom. The second kappa shape index (κ2) is 13.8. The summed E-state index contributed by atoms with van der Waals surface area (Å²) in [6, 6.07) is 16.8. The summed E-state index contributed by atoms with van der Waals surface area (Å²) in [4.78, 5) is 46.0. The molecule has 4 bridgehead atoms. The molecule has 3 aromatic carbocycles. The molecule has 6 rings (SSSR count). The molecule has 0 spiro atoms. The molecule has 4 aromatic rings. The van der Waals surface area contributed by atoms with Crippen molar-refractivity contribution < 1.29 is 19.1 Å². The molecule has 45 heavy (non-hydrogen) atoms. The smallest absolute Gasteiger partial charge is 0.411 e. The highest BCUT2D eigenvalue weighted by atomic mass is 35.5. The van der Waals surface area contributed by atoms with Gasteiger partial charge in [0.2, 0.25) is 5.91 Å². The van der Waals surface area contributed by atoms with E-state index in [1.807, 2.05) is 12.1 Å². The summed E-state index contributed by atoms with van der Waals surface area (Å²) < 4.78 is 4.71. The topological polar surface area (TPSA) is 193 Å². The predicted octanol–water partition coefficient (Wildman–Crippen LogP) is 3.85. The van der Waals surface area contributed by atoms with Crippen LogP contribution in [0.5, 0.6) is 0 Å². The number of hydrogen-bond donors (Lipinski definition) is 6. The van der Waals surface area contributed by atoms with Gasteiger partial charge >= 0.3 is 6.09 Å². The van der Waals surface area contributed by atoms with Crippen LogP contribution in [0.2, 0.25) is 5.02 Å². The fraction of sp³-hybridized carbons (Fsp3) is 0.129. The second-order valence-corrected chi connectivity index (χ2v) is 10.4. The van der Waals surface area contributed by atoms with Crippen LogP contribution in [-0.4, -0.2) is 41.3 Å². The molecule has 0 saturated carbocycles. The molecule has 3 amide bonds. The Hall–Kier alpha value is -5.66. The Labute approximate surface area is 263 Å². The maximum Gasteiger partial charge on any atom is 0.411 e. The zero-order valence-electron chi connectivity index (χ0n) is 24.1. The number of benzene rings is 3. The maximum absolute atomic E-state index is 13.3. The van der Waals surface area contributed by atoms with Gasteiger partial charge < -0.3 is 26.2 Å². The van der Waals surface area contributed by atoms with Gasteiger partial charge in [0.1, 0.15) is 12.2 Å². The molecule has 3 heterocycles. The number of carbonyl (C=O) groups excluding carboxylic acids is 3. The minimum atomic E-state index is -0.619. The van der Waals surface area contributed by atoms with E-state index >= 15 is 0 Å². The number of rotatable bonds is 6. The molecule has 14 heteroatoms. The minimum Gasteiger partial charge on any atom is -0.453 e. The number of aromatic amines is 1. The van der Waals surface area contributed by atoms with Crippen LogP contribution in [0.1, 0.15) is 38.9 Å². The number of hydrazine groups is 1. The third-order valence-electron chi connectivity index (χ3n) is 7.03. The van der Waals surface area contributed by atoms with E-state index in [0.29, 0.717) is 51.0 Å². The first-order valence-electron chi connectivity index (χ1n) is 13.7. The lowest BCUT2D eigenvalue weighted by Gasteiger charge is -2.18. The second-order valence-electron chi connectivity index (χ2n) is 10.0. The van der Waals surface area contributed by atoms with Gasteiger partial charge in [0.25, 0.3) is 5.91 Å². The Kier molecular flexibility index (Phi) is 9.41. The number of fused-ring (bicyclic) bond motifs is 5. The zero-order chi connectivity index (χ0) is 31.9. The van der Waals surface area contributed by atoms with E-state index in [4.69, 9.17) is 33.0 Å². The summed E-state index contributed by atoms with van der Waals surface area (Å²) in [6.07, 6.45) is 5.68. The van der Waals surface area contributed by atoms with Crippen molar-refractivity contribution in [1.29, 1.82) is 0 Å². The van der Waals surface area contributed by atoms with E-state index in [2.05, 4.69) is 26.0 Å². The number of methoxy groups -OCH3 is 1. The number of amides is 3. The highest BCUT2D eigenvalue weighted by molar-refractivity contribution is 6.30. The number of H-pyrrole nitrogens is 1. The molecule has 0 unspecified atom stereocenters. The number of hydrogen-bond acceptors (Lipinski definition) is 8. The van der Waals surface area contributed by atoms with E-state index in [1.54, 1.807) is 60.8 Å². The Morgan fingerprint density at radius 3 is 2.71 bits per heavy atom. The molecule has 0 fully saturated rings. The van der Waals surface area contributed by atoms with Crippen molar-refractivity contribution in [3.63, 3.8) is 0 Å². The van der Waals surface area contributed by atoms with Gasteiger partial charge in [-0.15, -0.1) is 0 Å². The molecule has 0 radical (unpaired) electrons. The van der Waals surface area contributed by atoms with E-state index in [1.165, 1.54) is 24.5 Å². The average molecular weight is 628 g/mol.